The predicted octanol–water partition coefficient (Wildman–Crippen LogP) is 2.17. The summed E-state index contributed by atoms with van der Waals surface area (Å²) in [5.41, 5.74) is 6.66. The average Bonchev–Trinajstić information content (AvgIpc) is 2.76. The van der Waals surface area contributed by atoms with Gasteiger partial charge in [0, 0.05) is 12.0 Å². The Balaban J connectivity index is 2.02. The standard InChI is InChI=1S/C12H12F3N3O2/c13-12(14,15)20-8-3-1-7(2-4-8)5-10(19)9-6-17-18-11(9)16/h1-4,6,10,19H,5H2,(H3,16,17,18). The highest BCUT2D eigenvalue weighted by Crippen LogP contribution is 2.25. The molecule has 1 unspecified atom stereocenters. The normalized spacial score (nSPS) is 13.2. The molecule has 0 aliphatic rings. The Bertz CT molecular complexity index is 566. The summed E-state index contributed by atoms with van der Waals surface area (Å²) >= 11 is 0. The zero-order valence-electron chi connectivity index (χ0n) is 10.2. The van der Waals surface area contributed by atoms with Gasteiger partial charge in [0.1, 0.15) is 11.6 Å². The number of aliphatic hydroxyl groups is 1. The molecule has 4 N–H and O–H groups in total. The summed E-state index contributed by atoms with van der Waals surface area (Å²) in [6, 6.07) is 5.27. The van der Waals surface area contributed by atoms with Crippen molar-refractivity contribution in [2.75, 3.05) is 5.73 Å². The van der Waals surface area contributed by atoms with E-state index < -0.39 is 12.5 Å². The molecule has 0 radical (unpaired) electrons. The van der Waals surface area contributed by atoms with Crippen LogP contribution in [0.3, 0.4) is 0 Å². The molecule has 0 saturated heterocycles. The maximum Gasteiger partial charge on any atom is 0.573 e. The second kappa shape index (κ2) is 5.41. The van der Waals surface area contributed by atoms with Crippen molar-refractivity contribution in [3.63, 3.8) is 0 Å². The first kappa shape index (κ1) is 14.2. The molecule has 2 rings (SSSR count). The van der Waals surface area contributed by atoms with Gasteiger partial charge in [-0.3, -0.25) is 5.10 Å². The van der Waals surface area contributed by atoms with Crippen molar-refractivity contribution < 1.29 is 23.0 Å². The van der Waals surface area contributed by atoms with Crippen LogP contribution in [0.4, 0.5) is 19.0 Å². The molecule has 0 amide bonds. The fourth-order valence-electron chi connectivity index (χ4n) is 1.73. The number of benzene rings is 1. The fraction of sp³-hybridized carbons (Fsp3) is 0.250. The summed E-state index contributed by atoms with van der Waals surface area (Å²) in [6.07, 6.45) is -3.99. The van der Waals surface area contributed by atoms with E-state index in [1.165, 1.54) is 30.5 Å². The van der Waals surface area contributed by atoms with Crippen molar-refractivity contribution in [2.24, 2.45) is 0 Å². The molecule has 0 aliphatic carbocycles. The molecule has 1 atom stereocenters. The first-order chi connectivity index (χ1) is 9.35. The van der Waals surface area contributed by atoms with Crippen molar-refractivity contribution in [1.29, 1.82) is 0 Å². The number of H-pyrrole nitrogens is 1. The van der Waals surface area contributed by atoms with Crippen LogP contribution in [0.1, 0.15) is 17.2 Å². The number of nitrogens with one attached hydrogen (secondary N) is 1. The number of aromatic amines is 1. The Hall–Kier alpha value is -2.22. The molecule has 2 aromatic rings. The topological polar surface area (TPSA) is 84.2 Å². The van der Waals surface area contributed by atoms with Gasteiger partial charge in [0.05, 0.1) is 12.3 Å². The van der Waals surface area contributed by atoms with Gasteiger partial charge in [0.25, 0.3) is 0 Å². The molecule has 8 heteroatoms. The van der Waals surface area contributed by atoms with Crippen molar-refractivity contribution in [2.45, 2.75) is 18.9 Å². The minimum absolute atomic E-state index is 0.204. The number of hydrogen-bond donors (Lipinski definition) is 3. The van der Waals surface area contributed by atoms with Gasteiger partial charge in [0.15, 0.2) is 0 Å². The number of rotatable bonds is 4. The third kappa shape index (κ3) is 3.64. The van der Waals surface area contributed by atoms with Crippen molar-refractivity contribution >= 4 is 5.82 Å². The van der Waals surface area contributed by atoms with Crippen LogP contribution in [0.2, 0.25) is 0 Å². The van der Waals surface area contributed by atoms with Crippen LogP contribution in [0.5, 0.6) is 5.75 Å². The molecule has 0 fully saturated rings. The minimum atomic E-state index is -4.72. The lowest BCUT2D eigenvalue weighted by molar-refractivity contribution is -0.274. The highest BCUT2D eigenvalue weighted by Gasteiger charge is 2.30. The summed E-state index contributed by atoms with van der Waals surface area (Å²) in [4.78, 5) is 0. The van der Waals surface area contributed by atoms with Crippen LogP contribution in [-0.2, 0) is 6.42 Å². The van der Waals surface area contributed by atoms with Gasteiger partial charge >= 0.3 is 6.36 Å². The maximum atomic E-state index is 12.0. The van der Waals surface area contributed by atoms with Crippen LogP contribution < -0.4 is 10.5 Å². The molecule has 1 aromatic carbocycles. The van der Waals surface area contributed by atoms with Crippen molar-refractivity contribution in [1.82, 2.24) is 10.2 Å². The van der Waals surface area contributed by atoms with E-state index >= 15 is 0 Å². The molecule has 0 bridgehead atoms. The summed E-state index contributed by atoms with van der Waals surface area (Å²) < 4.78 is 39.7. The van der Waals surface area contributed by atoms with E-state index in [-0.39, 0.29) is 18.0 Å². The van der Waals surface area contributed by atoms with E-state index in [4.69, 9.17) is 5.73 Å². The lowest BCUT2D eigenvalue weighted by atomic mass is 10.0. The molecule has 5 nitrogen and oxygen atoms in total. The zero-order chi connectivity index (χ0) is 14.8. The van der Waals surface area contributed by atoms with E-state index in [1.54, 1.807) is 0 Å². The first-order valence-electron chi connectivity index (χ1n) is 5.66. The number of ether oxygens (including phenoxy) is 1. The molecule has 108 valence electrons. The number of nitrogens with zero attached hydrogens (tertiary/aromatic N) is 1. The second-order valence-corrected chi connectivity index (χ2v) is 4.15. The van der Waals surface area contributed by atoms with E-state index in [9.17, 15) is 18.3 Å². The number of nitrogens with two attached hydrogens (primary N) is 1. The van der Waals surface area contributed by atoms with Crippen LogP contribution in [0.25, 0.3) is 0 Å². The number of hydrogen-bond acceptors (Lipinski definition) is 4. The SMILES string of the molecule is Nc1[nH]ncc1C(O)Cc1ccc(OC(F)(F)F)cc1. The van der Waals surface area contributed by atoms with Crippen LogP contribution in [0, 0.1) is 0 Å². The zero-order valence-corrected chi connectivity index (χ0v) is 10.2. The highest BCUT2D eigenvalue weighted by molar-refractivity contribution is 5.39. The molecule has 0 saturated carbocycles. The van der Waals surface area contributed by atoms with Gasteiger partial charge < -0.3 is 15.6 Å². The molecule has 20 heavy (non-hydrogen) atoms. The maximum absolute atomic E-state index is 12.0. The fourth-order valence-corrected chi connectivity index (χ4v) is 1.73. The third-order valence-electron chi connectivity index (χ3n) is 2.64. The van der Waals surface area contributed by atoms with Gasteiger partial charge in [-0.2, -0.15) is 5.10 Å². The Morgan fingerprint density at radius 3 is 2.45 bits per heavy atom. The molecule has 1 heterocycles. The Morgan fingerprint density at radius 2 is 1.95 bits per heavy atom. The smallest absolute Gasteiger partial charge is 0.406 e. The van der Waals surface area contributed by atoms with Crippen molar-refractivity contribution in [3.05, 3.63) is 41.6 Å². The number of aromatic nitrogens is 2. The minimum Gasteiger partial charge on any atom is -0.406 e. The number of anilines is 1. The third-order valence-corrected chi connectivity index (χ3v) is 2.64. The number of nitrogen functional groups attached to an aromatic ring is 1. The van der Waals surface area contributed by atoms with Gasteiger partial charge in [-0.15, -0.1) is 13.2 Å². The Morgan fingerprint density at radius 1 is 1.30 bits per heavy atom. The molecule has 0 spiro atoms. The average molecular weight is 287 g/mol. The number of halogens is 3. The summed E-state index contributed by atoms with van der Waals surface area (Å²) in [5, 5.41) is 16.1. The number of alkyl halides is 3. The van der Waals surface area contributed by atoms with Crippen molar-refractivity contribution in [3.8, 4) is 5.75 Å². The largest absolute Gasteiger partial charge is 0.573 e. The summed E-state index contributed by atoms with van der Waals surface area (Å²) in [5.74, 6) is -0.0481. The van der Waals surface area contributed by atoms with E-state index in [0.717, 1.165) is 0 Å². The summed E-state index contributed by atoms with van der Waals surface area (Å²) in [6.45, 7) is 0. The molecule has 0 aliphatic heterocycles. The number of aliphatic hydroxyl groups excluding tert-OH is 1. The van der Waals surface area contributed by atoms with Crippen LogP contribution in [-0.4, -0.2) is 21.7 Å². The first-order valence-corrected chi connectivity index (χ1v) is 5.66. The quantitative estimate of drug-likeness (QED) is 0.804. The predicted molar refractivity (Wildman–Crippen MR) is 64.8 cm³/mol. The summed E-state index contributed by atoms with van der Waals surface area (Å²) in [7, 11) is 0. The molecular formula is C12H12F3N3O2. The monoisotopic (exact) mass is 287 g/mol. The van der Waals surface area contributed by atoms with E-state index in [2.05, 4.69) is 14.9 Å². The lowest BCUT2D eigenvalue weighted by Gasteiger charge is -2.11. The lowest BCUT2D eigenvalue weighted by Crippen LogP contribution is -2.17. The van der Waals surface area contributed by atoms with E-state index in [1.807, 2.05) is 0 Å². The van der Waals surface area contributed by atoms with Gasteiger partial charge in [-0.05, 0) is 17.7 Å². The molecule has 1 aromatic heterocycles. The Labute approximate surface area is 112 Å². The highest BCUT2D eigenvalue weighted by atomic mass is 19.4. The Kier molecular flexibility index (Phi) is 3.84. The van der Waals surface area contributed by atoms with Gasteiger partial charge in [-0.25, -0.2) is 0 Å². The van der Waals surface area contributed by atoms with Gasteiger partial charge in [0.2, 0.25) is 0 Å². The van der Waals surface area contributed by atoms with Crippen LogP contribution >= 0.6 is 0 Å². The second-order valence-electron chi connectivity index (χ2n) is 4.15. The van der Waals surface area contributed by atoms with Crippen LogP contribution in [0.15, 0.2) is 30.5 Å². The van der Waals surface area contributed by atoms with Gasteiger partial charge in [-0.1, -0.05) is 12.1 Å². The van der Waals surface area contributed by atoms with E-state index in [0.29, 0.717) is 11.1 Å². The molecular weight excluding hydrogens is 275 g/mol.